The van der Waals surface area contributed by atoms with Crippen molar-refractivity contribution in [1.82, 2.24) is 15.0 Å². The number of aromatic nitrogens is 1. The molecule has 150 valence electrons. The van der Waals surface area contributed by atoms with Gasteiger partial charge in [0.2, 0.25) is 10.0 Å². The van der Waals surface area contributed by atoms with Gasteiger partial charge in [0.15, 0.2) is 0 Å². The standard InChI is InChI=1S/C18H15ClN4O5S/c19-17-7-5-12-10-13(4-6-16(12)22-17)18(24)20-8-9-21-29(27,28)15-3-1-2-14(11-15)23(25)26/h1-7,10-11,21H,8-9H2,(H,20,24). The number of sulfonamides is 1. The molecule has 1 aromatic heterocycles. The van der Waals surface area contributed by atoms with Crippen LogP contribution >= 0.6 is 11.6 Å². The van der Waals surface area contributed by atoms with Crippen LogP contribution in [0.15, 0.2) is 59.5 Å². The fraction of sp³-hybridized carbons (Fsp3) is 0.111. The lowest BCUT2D eigenvalue weighted by Gasteiger charge is -2.09. The maximum atomic E-state index is 12.3. The van der Waals surface area contributed by atoms with Crippen LogP contribution < -0.4 is 10.0 Å². The van der Waals surface area contributed by atoms with Crippen LogP contribution in [0.1, 0.15) is 10.4 Å². The van der Waals surface area contributed by atoms with Crippen LogP contribution in [-0.4, -0.2) is 37.3 Å². The molecule has 9 nitrogen and oxygen atoms in total. The molecule has 0 fully saturated rings. The summed E-state index contributed by atoms with van der Waals surface area (Å²) in [6.07, 6.45) is 0. The van der Waals surface area contributed by atoms with Crippen molar-refractivity contribution >= 4 is 44.1 Å². The number of halogens is 1. The summed E-state index contributed by atoms with van der Waals surface area (Å²) >= 11 is 5.83. The molecular formula is C18H15ClN4O5S. The van der Waals surface area contributed by atoms with Crippen molar-refractivity contribution in [2.75, 3.05) is 13.1 Å². The zero-order valence-corrected chi connectivity index (χ0v) is 16.4. The van der Waals surface area contributed by atoms with Gasteiger partial charge < -0.3 is 5.32 Å². The van der Waals surface area contributed by atoms with Gasteiger partial charge in [0, 0.05) is 36.2 Å². The Morgan fingerprint density at radius 2 is 1.90 bits per heavy atom. The van der Waals surface area contributed by atoms with Gasteiger partial charge in [0.05, 0.1) is 15.3 Å². The summed E-state index contributed by atoms with van der Waals surface area (Å²) in [4.78, 5) is 26.3. The number of rotatable bonds is 7. The summed E-state index contributed by atoms with van der Waals surface area (Å²) in [5.41, 5.74) is 0.718. The molecular weight excluding hydrogens is 420 g/mol. The summed E-state index contributed by atoms with van der Waals surface area (Å²) in [5, 5.41) is 14.5. The zero-order valence-electron chi connectivity index (χ0n) is 14.8. The highest BCUT2D eigenvalue weighted by molar-refractivity contribution is 7.89. The third kappa shape index (κ3) is 5.05. The molecule has 0 aliphatic carbocycles. The molecule has 0 aliphatic rings. The van der Waals surface area contributed by atoms with Crippen molar-refractivity contribution in [2.45, 2.75) is 4.90 Å². The molecule has 2 N–H and O–H groups in total. The predicted octanol–water partition coefficient (Wildman–Crippen LogP) is 2.50. The Bertz CT molecular complexity index is 1200. The molecule has 0 bridgehead atoms. The summed E-state index contributed by atoms with van der Waals surface area (Å²) in [6, 6.07) is 13.0. The van der Waals surface area contributed by atoms with Gasteiger partial charge in [-0.05, 0) is 36.4 Å². The van der Waals surface area contributed by atoms with Crippen LogP contribution in [0.5, 0.6) is 0 Å². The Labute approximate surface area is 170 Å². The highest BCUT2D eigenvalue weighted by Gasteiger charge is 2.17. The monoisotopic (exact) mass is 434 g/mol. The van der Waals surface area contributed by atoms with Gasteiger partial charge in [-0.15, -0.1) is 0 Å². The molecule has 0 saturated heterocycles. The van der Waals surface area contributed by atoms with E-state index >= 15 is 0 Å². The maximum Gasteiger partial charge on any atom is 0.270 e. The topological polar surface area (TPSA) is 131 Å². The number of nitrogens with zero attached hydrogens (tertiary/aromatic N) is 2. The van der Waals surface area contributed by atoms with Crippen molar-refractivity contribution in [3.05, 3.63) is 75.4 Å². The van der Waals surface area contributed by atoms with E-state index in [9.17, 15) is 23.3 Å². The molecule has 2 aromatic carbocycles. The average molecular weight is 435 g/mol. The van der Waals surface area contributed by atoms with Gasteiger partial charge >= 0.3 is 0 Å². The van der Waals surface area contributed by atoms with E-state index in [0.717, 1.165) is 11.5 Å². The number of non-ortho nitro benzene ring substituents is 1. The van der Waals surface area contributed by atoms with E-state index < -0.39 is 14.9 Å². The third-order valence-electron chi connectivity index (χ3n) is 3.96. The second kappa shape index (κ2) is 8.52. The van der Waals surface area contributed by atoms with Crippen molar-refractivity contribution in [1.29, 1.82) is 0 Å². The Kier molecular flexibility index (Phi) is 6.06. The van der Waals surface area contributed by atoms with Gasteiger partial charge in [-0.2, -0.15) is 0 Å². The fourth-order valence-corrected chi connectivity index (χ4v) is 3.78. The van der Waals surface area contributed by atoms with Gasteiger partial charge in [0.1, 0.15) is 5.15 Å². The minimum Gasteiger partial charge on any atom is -0.351 e. The van der Waals surface area contributed by atoms with E-state index in [1.165, 1.54) is 18.2 Å². The lowest BCUT2D eigenvalue weighted by atomic mass is 10.1. The van der Waals surface area contributed by atoms with E-state index in [1.54, 1.807) is 30.3 Å². The number of amides is 1. The average Bonchev–Trinajstić information content (AvgIpc) is 2.70. The highest BCUT2D eigenvalue weighted by atomic mass is 35.5. The predicted molar refractivity (Wildman–Crippen MR) is 107 cm³/mol. The first-order chi connectivity index (χ1) is 13.8. The minimum atomic E-state index is -3.94. The van der Waals surface area contributed by atoms with Gasteiger partial charge in [-0.3, -0.25) is 14.9 Å². The normalized spacial score (nSPS) is 11.3. The number of pyridine rings is 1. The van der Waals surface area contributed by atoms with E-state index in [4.69, 9.17) is 11.6 Å². The number of nitro groups is 1. The first-order valence-electron chi connectivity index (χ1n) is 8.35. The van der Waals surface area contributed by atoms with E-state index in [1.807, 2.05) is 0 Å². The van der Waals surface area contributed by atoms with Crippen LogP contribution in [-0.2, 0) is 10.0 Å². The molecule has 0 radical (unpaired) electrons. The lowest BCUT2D eigenvalue weighted by molar-refractivity contribution is -0.385. The Hall–Kier alpha value is -3.08. The van der Waals surface area contributed by atoms with Gasteiger partial charge in [0.25, 0.3) is 11.6 Å². The maximum absolute atomic E-state index is 12.3. The van der Waals surface area contributed by atoms with Crippen LogP contribution in [0.3, 0.4) is 0 Å². The molecule has 1 heterocycles. The van der Waals surface area contributed by atoms with E-state index in [2.05, 4.69) is 15.0 Å². The number of benzene rings is 2. The number of fused-ring (bicyclic) bond motifs is 1. The second-order valence-corrected chi connectivity index (χ2v) is 8.10. The van der Waals surface area contributed by atoms with Crippen molar-refractivity contribution in [3.63, 3.8) is 0 Å². The summed E-state index contributed by atoms with van der Waals surface area (Å²) in [5.74, 6) is -0.378. The molecule has 29 heavy (non-hydrogen) atoms. The molecule has 3 rings (SSSR count). The van der Waals surface area contributed by atoms with Gasteiger partial charge in [-0.1, -0.05) is 17.7 Å². The number of carbonyl (C=O) groups excluding carboxylic acids is 1. The molecule has 0 atom stereocenters. The Morgan fingerprint density at radius 1 is 1.10 bits per heavy atom. The summed E-state index contributed by atoms with van der Waals surface area (Å²) in [7, 11) is -3.94. The first-order valence-corrected chi connectivity index (χ1v) is 10.2. The van der Waals surface area contributed by atoms with Crippen LogP contribution in [0.25, 0.3) is 10.9 Å². The van der Waals surface area contributed by atoms with Crippen molar-refractivity contribution in [3.8, 4) is 0 Å². The van der Waals surface area contributed by atoms with Crippen LogP contribution in [0, 0.1) is 10.1 Å². The molecule has 1 amide bonds. The molecule has 0 aliphatic heterocycles. The summed E-state index contributed by atoms with van der Waals surface area (Å²) in [6.45, 7) is -0.0502. The number of nitrogens with one attached hydrogen (secondary N) is 2. The smallest absolute Gasteiger partial charge is 0.270 e. The second-order valence-electron chi connectivity index (χ2n) is 5.95. The highest BCUT2D eigenvalue weighted by Crippen LogP contribution is 2.18. The molecule has 0 spiro atoms. The number of carbonyl (C=O) groups is 1. The van der Waals surface area contributed by atoms with Crippen molar-refractivity contribution < 1.29 is 18.1 Å². The summed E-state index contributed by atoms with van der Waals surface area (Å²) < 4.78 is 26.8. The van der Waals surface area contributed by atoms with Crippen LogP contribution in [0.2, 0.25) is 5.15 Å². The van der Waals surface area contributed by atoms with E-state index in [0.29, 0.717) is 16.2 Å². The molecule has 3 aromatic rings. The first kappa shape index (κ1) is 20.6. The SMILES string of the molecule is O=C(NCCNS(=O)(=O)c1cccc([N+](=O)[O-])c1)c1ccc2nc(Cl)ccc2c1. The van der Waals surface area contributed by atoms with E-state index in [-0.39, 0.29) is 29.6 Å². The Balaban J connectivity index is 1.58. The molecule has 0 unspecified atom stereocenters. The number of hydrogen-bond acceptors (Lipinski definition) is 6. The minimum absolute atomic E-state index is 0.0316. The number of hydrogen-bond donors (Lipinski definition) is 2. The lowest BCUT2D eigenvalue weighted by Crippen LogP contribution is -2.34. The molecule has 0 saturated carbocycles. The Morgan fingerprint density at radius 3 is 2.66 bits per heavy atom. The van der Waals surface area contributed by atoms with Gasteiger partial charge in [-0.25, -0.2) is 18.1 Å². The molecule has 11 heteroatoms. The fourth-order valence-electron chi connectivity index (χ4n) is 2.55. The number of nitro benzene ring substituents is 1. The quantitative estimate of drug-likeness (QED) is 0.254. The zero-order chi connectivity index (χ0) is 21.0. The van der Waals surface area contributed by atoms with Crippen molar-refractivity contribution in [2.24, 2.45) is 0 Å². The van der Waals surface area contributed by atoms with Crippen LogP contribution in [0.4, 0.5) is 5.69 Å². The largest absolute Gasteiger partial charge is 0.351 e. The third-order valence-corrected chi connectivity index (χ3v) is 5.63.